The van der Waals surface area contributed by atoms with Gasteiger partial charge in [0.15, 0.2) is 0 Å². The summed E-state index contributed by atoms with van der Waals surface area (Å²) in [6.45, 7) is 7.94. The van der Waals surface area contributed by atoms with Gasteiger partial charge in [-0.05, 0) is 55.4 Å². The first-order chi connectivity index (χ1) is 5.95. The van der Waals surface area contributed by atoms with E-state index in [-0.39, 0.29) is 0 Å². The number of hydrogen-bond acceptors (Lipinski definition) is 2. The molecule has 0 atom stereocenters. The lowest BCUT2D eigenvalue weighted by molar-refractivity contribution is 0.425. The lowest BCUT2D eigenvalue weighted by atomic mass is 9.74. The van der Waals surface area contributed by atoms with Gasteiger partial charge in [0.05, 0.1) is 0 Å². The quantitative estimate of drug-likeness (QED) is 0.618. The van der Waals surface area contributed by atoms with Crippen LogP contribution < -0.4 is 5.46 Å². The van der Waals surface area contributed by atoms with Gasteiger partial charge < -0.3 is 10.0 Å². The Labute approximate surface area is 79.4 Å². The summed E-state index contributed by atoms with van der Waals surface area (Å²) in [5.74, 6) is 0. The molecule has 2 N–H and O–H groups in total. The van der Waals surface area contributed by atoms with Crippen LogP contribution in [0.3, 0.4) is 0 Å². The lowest BCUT2D eigenvalue weighted by Gasteiger charge is -2.13. The number of aryl methyl sites for hydroxylation is 1. The summed E-state index contributed by atoms with van der Waals surface area (Å²) in [5.41, 5.74) is 5.05. The predicted octanol–water partition coefficient (Wildman–Crippen LogP) is 0.600. The normalized spacial score (nSPS) is 10.3. The van der Waals surface area contributed by atoms with Crippen molar-refractivity contribution < 1.29 is 10.0 Å². The Morgan fingerprint density at radius 3 is 1.92 bits per heavy atom. The first-order valence-corrected chi connectivity index (χ1v) is 4.38. The maximum Gasteiger partial charge on any atom is 0.488 e. The van der Waals surface area contributed by atoms with Gasteiger partial charge in [0.2, 0.25) is 0 Å². The minimum atomic E-state index is -1.36. The fraction of sp³-hybridized carbons (Fsp3) is 0.400. The van der Waals surface area contributed by atoms with Gasteiger partial charge in [0, 0.05) is 0 Å². The first kappa shape index (κ1) is 10.3. The summed E-state index contributed by atoms with van der Waals surface area (Å²) in [6.07, 6.45) is 0. The molecular weight excluding hydrogens is 163 g/mol. The highest BCUT2D eigenvalue weighted by Crippen LogP contribution is 2.14. The number of benzene rings is 1. The minimum Gasteiger partial charge on any atom is -0.423 e. The zero-order chi connectivity index (χ0) is 10.2. The van der Waals surface area contributed by atoms with Crippen LogP contribution in [0.25, 0.3) is 0 Å². The first-order valence-electron chi connectivity index (χ1n) is 4.38. The van der Waals surface area contributed by atoms with Crippen molar-refractivity contribution in [3.63, 3.8) is 0 Å². The molecule has 0 aromatic heterocycles. The second kappa shape index (κ2) is 3.52. The summed E-state index contributed by atoms with van der Waals surface area (Å²) < 4.78 is 0. The summed E-state index contributed by atoms with van der Waals surface area (Å²) in [4.78, 5) is 0. The van der Waals surface area contributed by atoms with Crippen LogP contribution >= 0.6 is 0 Å². The third-order valence-corrected chi connectivity index (χ3v) is 2.80. The van der Waals surface area contributed by atoms with Crippen molar-refractivity contribution >= 4 is 12.6 Å². The Kier molecular flexibility index (Phi) is 2.79. The van der Waals surface area contributed by atoms with E-state index in [0.717, 1.165) is 16.7 Å². The van der Waals surface area contributed by atoms with E-state index in [1.165, 1.54) is 5.56 Å². The van der Waals surface area contributed by atoms with Gasteiger partial charge in [0.1, 0.15) is 0 Å². The Hall–Kier alpha value is -0.795. The zero-order valence-corrected chi connectivity index (χ0v) is 8.55. The third kappa shape index (κ3) is 1.76. The molecule has 13 heavy (non-hydrogen) atoms. The van der Waals surface area contributed by atoms with Crippen LogP contribution in [0.1, 0.15) is 22.3 Å². The summed E-state index contributed by atoms with van der Waals surface area (Å²) >= 11 is 0. The van der Waals surface area contributed by atoms with Crippen LogP contribution in [0, 0.1) is 27.7 Å². The monoisotopic (exact) mass is 178 g/mol. The molecule has 2 nitrogen and oxygen atoms in total. The molecule has 0 aliphatic heterocycles. The summed E-state index contributed by atoms with van der Waals surface area (Å²) in [5, 5.41) is 18.2. The summed E-state index contributed by atoms with van der Waals surface area (Å²) in [6, 6.07) is 1.84. The third-order valence-electron chi connectivity index (χ3n) is 2.80. The summed E-state index contributed by atoms with van der Waals surface area (Å²) in [7, 11) is -1.36. The van der Waals surface area contributed by atoms with Gasteiger partial charge in [-0.2, -0.15) is 0 Å². The van der Waals surface area contributed by atoms with Crippen LogP contribution in [-0.4, -0.2) is 17.2 Å². The van der Waals surface area contributed by atoms with Crippen molar-refractivity contribution in [2.45, 2.75) is 27.7 Å². The minimum absolute atomic E-state index is 0.612. The Bertz CT molecular complexity index is 332. The smallest absolute Gasteiger partial charge is 0.423 e. The molecule has 0 amide bonds. The number of rotatable bonds is 1. The largest absolute Gasteiger partial charge is 0.488 e. The van der Waals surface area contributed by atoms with Gasteiger partial charge in [-0.3, -0.25) is 0 Å². The molecule has 0 saturated carbocycles. The predicted molar refractivity (Wildman–Crippen MR) is 55.2 cm³/mol. The van der Waals surface area contributed by atoms with Gasteiger partial charge in [-0.25, -0.2) is 0 Å². The highest BCUT2D eigenvalue weighted by molar-refractivity contribution is 6.59. The molecule has 1 aromatic rings. The van der Waals surface area contributed by atoms with Crippen molar-refractivity contribution in [3.8, 4) is 0 Å². The van der Waals surface area contributed by atoms with E-state index in [1.807, 2.05) is 33.8 Å². The molecule has 0 spiro atoms. The fourth-order valence-corrected chi connectivity index (χ4v) is 1.51. The van der Waals surface area contributed by atoms with Crippen molar-refractivity contribution in [1.82, 2.24) is 0 Å². The van der Waals surface area contributed by atoms with Gasteiger partial charge in [-0.15, -0.1) is 0 Å². The van der Waals surface area contributed by atoms with Gasteiger partial charge >= 0.3 is 7.12 Å². The van der Waals surface area contributed by atoms with E-state index in [9.17, 15) is 0 Å². The molecule has 0 bridgehead atoms. The highest BCUT2D eigenvalue weighted by atomic mass is 16.4. The standard InChI is InChI=1S/C10H15BO2/c1-6-5-10(11(12)13)9(4)8(3)7(6)2/h5,12-13H,1-4H3. The molecule has 1 aromatic carbocycles. The lowest BCUT2D eigenvalue weighted by Crippen LogP contribution is -2.33. The van der Waals surface area contributed by atoms with E-state index in [0.29, 0.717) is 5.46 Å². The average molecular weight is 178 g/mol. The van der Waals surface area contributed by atoms with Crippen LogP contribution in [0.2, 0.25) is 0 Å². The van der Waals surface area contributed by atoms with Crippen LogP contribution in [-0.2, 0) is 0 Å². The van der Waals surface area contributed by atoms with E-state index >= 15 is 0 Å². The molecule has 0 radical (unpaired) electrons. The molecule has 0 unspecified atom stereocenters. The molecule has 0 saturated heterocycles. The maximum atomic E-state index is 9.10. The maximum absolute atomic E-state index is 9.10. The van der Waals surface area contributed by atoms with E-state index in [4.69, 9.17) is 10.0 Å². The second-order valence-electron chi connectivity index (χ2n) is 3.53. The molecule has 0 fully saturated rings. The molecule has 0 aliphatic rings. The van der Waals surface area contributed by atoms with Crippen molar-refractivity contribution in [2.75, 3.05) is 0 Å². The van der Waals surface area contributed by atoms with Gasteiger partial charge in [-0.1, -0.05) is 6.07 Å². The topological polar surface area (TPSA) is 40.5 Å². The molecule has 3 heteroatoms. The number of hydrogen-bond donors (Lipinski definition) is 2. The van der Waals surface area contributed by atoms with Crippen molar-refractivity contribution in [2.24, 2.45) is 0 Å². The molecule has 70 valence electrons. The second-order valence-corrected chi connectivity index (χ2v) is 3.53. The van der Waals surface area contributed by atoms with E-state index < -0.39 is 7.12 Å². The van der Waals surface area contributed by atoms with E-state index in [1.54, 1.807) is 0 Å². The average Bonchev–Trinajstić information content (AvgIpc) is 2.07. The Morgan fingerprint density at radius 1 is 0.923 bits per heavy atom. The fourth-order valence-electron chi connectivity index (χ4n) is 1.51. The van der Waals surface area contributed by atoms with Crippen LogP contribution in [0.5, 0.6) is 0 Å². The molecule has 0 heterocycles. The van der Waals surface area contributed by atoms with Gasteiger partial charge in [0.25, 0.3) is 0 Å². The van der Waals surface area contributed by atoms with Crippen molar-refractivity contribution in [3.05, 3.63) is 28.3 Å². The molecular formula is C10H15BO2. The van der Waals surface area contributed by atoms with Crippen molar-refractivity contribution in [1.29, 1.82) is 0 Å². The Balaban J connectivity index is 3.41. The van der Waals surface area contributed by atoms with E-state index in [2.05, 4.69) is 0 Å². The SMILES string of the molecule is Cc1cc(B(O)O)c(C)c(C)c1C. The zero-order valence-electron chi connectivity index (χ0n) is 8.55. The Morgan fingerprint density at radius 2 is 1.46 bits per heavy atom. The van der Waals surface area contributed by atoms with Crippen LogP contribution in [0.15, 0.2) is 6.07 Å². The molecule has 0 aliphatic carbocycles. The van der Waals surface area contributed by atoms with Crippen LogP contribution in [0.4, 0.5) is 0 Å². The highest BCUT2D eigenvalue weighted by Gasteiger charge is 2.16. The molecule has 1 rings (SSSR count).